The van der Waals surface area contributed by atoms with Crippen LogP contribution in [0.3, 0.4) is 0 Å². The first kappa shape index (κ1) is 11.2. The van der Waals surface area contributed by atoms with Crippen LogP contribution in [-0.4, -0.2) is 40.1 Å². The van der Waals surface area contributed by atoms with Crippen molar-refractivity contribution in [2.75, 3.05) is 20.3 Å². The highest BCUT2D eigenvalue weighted by atomic mass is 16.5. The van der Waals surface area contributed by atoms with Gasteiger partial charge in [-0.2, -0.15) is 0 Å². The molecule has 0 fully saturated rings. The summed E-state index contributed by atoms with van der Waals surface area (Å²) in [4.78, 5) is 4.32. The van der Waals surface area contributed by atoms with Crippen LogP contribution in [0.25, 0.3) is 11.5 Å². The normalized spacial score (nSPS) is 14.9. The summed E-state index contributed by atoms with van der Waals surface area (Å²) >= 11 is 0. The topological polar surface area (TPSA) is 62.1 Å². The van der Waals surface area contributed by atoms with Crippen molar-refractivity contribution in [2.45, 2.75) is 13.0 Å². The van der Waals surface area contributed by atoms with Gasteiger partial charge in [0.2, 0.25) is 0 Å². The Balaban J connectivity index is 2.03. The molecule has 1 aliphatic heterocycles. The van der Waals surface area contributed by atoms with Gasteiger partial charge in [-0.15, -0.1) is 10.2 Å². The van der Waals surface area contributed by atoms with Crippen LogP contribution >= 0.6 is 0 Å². The average Bonchev–Trinajstić information content (AvgIpc) is 2.68. The number of ether oxygens (including phenoxy) is 2. The third-order valence-electron chi connectivity index (χ3n) is 2.95. The van der Waals surface area contributed by atoms with E-state index in [0.717, 1.165) is 36.1 Å². The number of pyridine rings is 1. The molecule has 0 aliphatic carbocycles. The monoisotopic (exact) mass is 246 g/mol. The van der Waals surface area contributed by atoms with Crippen molar-refractivity contribution in [1.29, 1.82) is 0 Å². The van der Waals surface area contributed by atoms with Crippen LogP contribution in [0.4, 0.5) is 0 Å². The van der Waals surface area contributed by atoms with Crippen LogP contribution in [0.5, 0.6) is 5.75 Å². The van der Waals surface area contributed by atoms with Crippen molar-refractivity contribution in [1.82, 2.24) is 19.7 Å². The molecule has 0 saturated heterocycles. The third-order valence-corrected chi connectivity index (χ3v) is 2.95. The predicted molar refractivity (Wildman–Crippen MR) is 64.3 cm³/mol. The average molecular weight is 246 g/mol. The van der Waals surface area contributed by atoms with E-state index in [2.05, 4.69) is 19.7 Å². The van der Waals surface area contributed by atoms with Gasteiger partial charge in [0.15, 0.2) is 5.82 Å². The lowest BCUT2D eigenvalue weighted by Gasteiger charge is -2.06. The quantitative estimate of drug-likeness (QED) is 0.788. The van der Waals surface area contributed by atoms with E-state index in [0.29, 0.717) is 13.2 Å². The van der Waals surface area contributed by atoms with Crippen molar-refractivity contribution in [3.63, 3.8) is 0 Å². The molecule has 2 aromatic heterocycles. The second-order valence-corrected chi connectivity index (χ2v) is 4.03. The van der Waals surface area contributed by atoms with Gasteiger partial charge in [0.1, 0.15) is 17.3 Å². The van der Waals surface area contributed by atoms with Gasteiger partial charge in [0, 0.05) is 25.2 Å². The predicted octanol–water partition coefficient (Wildman–Crippen LogP) is 0.921. The van der Waals surface area contributed by atoms with Gasteiger partial charge >= 0.3 is 0 Å². The third kappa shape index (κ3) is 1.95. The Labute approximate surface area is 105 Å². The lowest BCUT2D eigenvalue weighted by molar-refractivity contribution is 0.140. The number of nitrogens with zero attached hydrogens (tertiary/aromatic N) is 4. The molecule has 0 aromatic carbocycles. The molecule has 6 heteroatoms. The zero-order valence-corrected chi connectivity index (χ0v) is 10.2. The number of methoxy groups -OCH3 is 1. The van der Waals surface area contributed by atoms with Gasteiger partial charge in [0.05, 0.1) is 20.3 Å². The van der Waals surface area contributed by atoms with E-state index in [-0.39, 0.29) is 0 Å². The van der Waals surface area contributed by atoms with Crippen molar-refractivity contribution < 1.29 is 9.47 Å². The zero-order valence-electron chi connectivity index (χ0n) is 10.2. The molecule has 0 bridgehead atoms. The van der Waals surface area contributed by atoms with Crippen molar-refractivity contribution in [3.05, 3.63) is 24.2 Å². The molecule has 2 aromatic rings. The number of fused-ring (bicyclic) bond motifs is 1. The first-order chi connectivity index (χ1) is 8.88. The largest absolute Gasteiger partial charge is 0.497 e. The highest BCUT2D eigenvalue weighted by Gasteiger charge is 2.17. The van der Waals surface area contributed by atoms with Crippen LogP contribution < -0.4 is 4.74 Å². The van der Waals surface area contributed by atoms with E-state index >= 15 is 0 Å². The Kier molecular flexibility index (Phi) is 2.93. The summed E-state index contributed by atoms with van der Waals surface area (Å²) in [6.07, 6.45) is 2.50. The summed E-state index contributed by atoms with van der Waals surface area (Å²) in [5.74, 6) is 2.49. The molecule has 94 valence electrons. The first-order valence-electron chi connectivity index (χ1n) is 5.89. The van der Waals surface area contributed by atoms with Crippen LogP contribution in [0.1, 0.15) is 5.82 Å². The molecule has 0 unspecified atom stereocenters. The minimum absolute atomic E-state index is 0.683. The molecule has 0 N–H and O–H groups in total. The van der Waals surface area contributed by atoms with Crippen LogP contribution in [0, 0.1) is 0 Å². The van der Waals surface area contributed by atoms with Gasteiger partial charge in [-0.3, -0.25) is 4.98 Å². The molecule has 0 amide bonds. The van der Waals surface area contributed by atoms with E-state index in [4.69, 9.17) is 9.47 Å². The number of aromatic nitrogens is 4. The maximum atomic E-state index is 5.44. The summed E-state index contributed by atoms with van der Waals surface area (Å²) < 4.78 is 12.7. The molecule has 0 saturated carbocycles. The smallest absolute Gasteiger partial charge is 0.182 e. The van der Waals surface area contributed by atoms with Crippen LogP contribution in [-0.2, 0) is 17.7 Å². The zero-order chi connectivity index (χ0) is 12.4. The Morgan fingerprint density at radius 1 is 1.33 bits per heavy atom. The summed E-state index contributed by atoms with van der Waals surface area (Å²) in [7, 11) is 1.64. The van der Waals surface area contributed by atoms with E-state index in [1.165, 1.54) is 0 Å². The number of hydrogen-bond acceptors (Lipinski definition) is 5. The van der Waals surface area contributed by atoms with Gasteiger partial charge in [-0.1, -0.05) is 0 Å². The molecule has 3 heterocycles. The molecule has 0 spiro atoms. The molecule has 3 rings (SSSR count). The van der Waals surface area contributed by atoms with Crippen molar-refractivity contribution in [3.8, 4) is 17.3 Å². The SMILES string of the molecule is COc1ccnc(-c2nnc3n2CCOCC3)c1. The van der Waals surface area contributed by atoms with Gasteiger partial charge in [0.25, 0.3) is 0 Å². The number of rotatable bonds is 2. The molecule has 0 radical (unpaired) electrons. The summed E-state index contributed by atoms with van der Waals surface area (Å²) in [5, 5.41) is 8.43. The summed E-state index contributed by atoms with van der Waals surface area (Å²) in [5.41, 5.74) is 0.773. The molecular weight excluding hydrogens is 232 g/mol. The summed E-state index contributed by atoms with van der Waals surface area (Å²) in [6, 6.07) is 3.68. The lowest BCUT2D eigenvalue weighted by atomic mass is 10.3. The van der Waals surface area contributed by atoms with E-state index in [9.17, 15) is 0 Å². The minimum Gasteiger partial charge on any atom is -0.497 e. The highest BCUT2D eigenvalue weighted by molar-refractivity contribution is 5.52. The van der Waals surface area contributed by atoms with Gasteiger partial charge in [-0.25, -0.2) is 0 Å². The molecule has 6 nitrogen and oxygen atoms in total. The molecule has 18 heavy (non-hydrogen) atoms. The second-order valence-electron chi connectivity index (χ2n) is 4.03. The van der Waals surface area contributed by atoms with Crippen molar-refractivity contribution in [2.24, 2.45) is 0 Å². The standard InChI is InChI=1S/C12H14N4O2/c1-17-9-2-4-13-10(8-9)12-15-14-11-3-6-18-7-5-16(11)12/h2,4,8H,3,5-7H2,1H3. The van der Waals surface area contributed by atoms with Gasteiger partial charge in [-0.05, 0) is 6.07 Å². The minimum atomic E-state index is 0.683. The van der Waals surface area contributed by atoms with Gasteiger partial charge < -0.3 is 14.0 Å². The van der Waals surface area contributed by atoms with Crippen molar-refractivity contribution >= 4 is 0 Å². The Morgan fingerprint density at radius 2 is 2.28 bits per heavy atom. The maximum Gasteiger partial charge on any atom is 0.182 e. The Bertz CT molecular complexity index is 553. The highest BCUT2D eigenvalue weighted by Crippen LogP contribution is 2.21. The first-order valence-corrected chi connectivity index (χ1v) is 5.89. The lowest BCUT2D eigenvalue weighted by Crippen LogP contribution is -2.06. The molecule has 0 atom stereocenters. The molecular formula is C12H14N4O2. The number of hydrogen-bond donors (Lipinski definition) is 0. The Morgan fingerprint density at radius 3 is 3.17 bits per heavy atom. The Hall–Kier alpha value is -1.95. The van der Waals surface area contributed by atoms with E-state index < -0.39 is 0 Å². The summed E-state index contributed by atoms with van der Waals surface area (Å²) in [6.45, 7) is 2.14. The van der Waals surface area contributed by atoms with Crippen LogP contribution in [0.15, 0.2) is 18.3 Å². The van der Waals surface area contributed by atoms with Crippen LogP contribution in [0.2, 0.25) is 0 Å². The maximum absolute atomic E-state index is 5.44. The van der Waals surface area contributed by atoms with E-state index in [1.807, 2.05) is 12.1 Å². The second kappa shape index (κ2) is 4.73. The van der Waals surface area contributed by atoms with E-state index in [1.54, 1.807) is 13.3 Å². The fraction of sp³-hybridized carbons (Fsp3) is 0.417. The molecule has 1 aliphatic rings. The fourth-order valence-corrected chi connectivity index (χ4v) is 2.03. The fourth-order valence-electron chi connectivity index (χ4n) is 2.03.